The highest BCUT2D eigenvalue weighted by atomic mass is 16.6. The Kier molecular flexibility index (Phi) is 5.21. The van der Waals surface area contributed by atoms with Crippen LogP contribution in [0.15, 0.2) is 18.2 Å². The van der Waals surface area contributed by atoms with Crippen LogP contribution in [-0.2, 0) is 4.79 Å². The van der Waals surface area contributed by atoms with Crippen molar-refractivity contribution < 1.29 is 9.72 Å². The molecule has 0 saturated carbocycles. The molecule has 1 aromatic rings. The van der Waals surface area contributed by atoms with Gasteiger partial charge in [0.2, 0.25) is 5.91 Å². The molecular weight excluding hydrogens is 258 g/mol. The zero-order valence-electron chi connectivity index (χ0n) is 12.1. The summed E-state index contributed by atoms with van der Waals surface area (Å²) in [7, 11) is 0. The minimum Gasteiger partial charge on any atom is -0.329 e. The first-order valence-electron chi connectivity index (χ1n) is 6.66. The summed E-state index contributed by atoms with van der Waals surface area (Å²) in [4.78, 5) is 22.6. The predicted molar refractivity (Wildman–Crippen MR) is 78.5 cm³/mol. The zero-order chi connectivity index (χ0) is 15.3. The molecule has 0 aliphatic carbocycles. The molecule has 3 N–H and O–H groups in total. The highest BCUT2D eigenvalue weighted by molar-refractivity contribution is 5.96. The van der Waals surface area contributed by atoms with Gasteiger partial charge in [0.05, 0.1) is 10.3 Å². The van der Waals surface area contributed by atoms with Gasteiger partial charge in [-0.15, -0.1) is 0 Å². The molecule has 0 atom stereocenters. The maximum Gasteiger partial charge on any atom is 0.269 e. The summed E-state index contributed by atoms with van der Waals surface area (Å²) >= 11 is 0. The Bertz CT molecular complexity index is 502. The number of hydrogen-bond acceptors (Lipinski definition) is 4. The Morgan fingerprint density at radius 3 is 2.40 bits per heavy atom. The van der Waals surface area contributed by atoms with E-state index < -0.39 is 10.3 Å². The predicted octanol–water partition coefficient (Wildman–Crippen LogP) is 2.61. The van der Waals surface area contributed by atoms with E-state index >= 15 is 0 Å². The quantitative estimate of drug-likeness (QED) is 0.617. The fraction of sp³-hybridized carbons (Fsp3) is 0.500. The van der Waals surface area contributed by atoms with Crippen LogP contribution in [0.3, 0.4) is 0 Å². The number of nitrogens with one attached hydrogen (secondary N) is 1. The second-order valence-electron chi connectivity index (χ2n) is 4.90. The van der Waals surface area contributed by atoms with Gasteiger partial charge in [0, 0.05) is 24.4 Å². The van der Waals surface area contributed by atoms with Crippen molar-refractivity contribution in [1.82, 2.24) is 0 Å². The highest BCUT2D eigenvalue weighted by Gasteiger charge is 2.33. The van der Waals surface area contributed by atoms with Gasteiger partial charge < -0.3 is 11.1 Å². The summed E-state index contributed by atoms with van der Waals surface area (Å²) in [5.74, 6) is -0.137. The standard InChI is InChI=1S/C14H21N3O3/c1-4-14(5-2,9-15)13(18)16-12-7-6-11(17(19)20)8-10(12)3/h6-8H,4-5,9,15H2,1-3H3,(H,16,18). The van der Waals surface area contributed by atoms with Crippen LogP contribution in [-0.4, -0.2) is 17.4 Å². The number of nitrogens with two attached hydrogens (primary N) is 1. The van der Waals surface area contributed by atoms with Gasteiger partial charge in [-0.1, -0.05) is 13.8 Å². The monoisotopic (exact) mass is 279 g/mol. The molecule has 1 aromatic carbocycles. The first-order chi connectivity index (χ1) is 9.40. The molecule has 0 aromatic heterocycles. The van der Waals surface area contributed by atoms with E-state index in [1.165, 1.54) is 12.1 Å². The van der Waals surface area contributed by atoms with Gasteiger partial charge in [0.25, 0.3) is 5.69 Å². The number of nitro benzene ring substituents is 1. The number of benzene rings is 1. The van der Waals surface area contributed by atoms with Crippen LogP contribution in [0.2, 0.25) is 0 Å². The number of anilines is 1. The topological polar surface area (TPSA) is 98.3 Å². The normalized spacial score (nSPS) is 11.2. The van der Waals surface area contributed by atoms with E-state index in [4.69, 9.17) is 5.73 Å². The number of carbonyl (C=O) groups excluding carboxylic acids is 1. The van der Waals surface area contributed by atoms with Crippen molar-refractivity contribution >= 4 is 17.3 Å². The van der Waals surface area contributed by atoms with Crippen LogP contribution >= 0.6 is 0 Å². The van der Waals surface area contributed by atoms with Crippen molar-refractivity contribution in [2.75, 3.05) is 11.9 Å². The van der Waals surface area contributed by atoms with E-state index in [2.05, 4.69) is 5.32 Å². The molecule has 1 amide bonds. The number of nitrogens with zero attached hydrogens (tertiary/aromatic N) is 1. The van der Waals surface area contributed by atoms with Gasteiger partial charge in [-0.25, -0.2) is 0 Å². The average Bonchev–Trinajstić information content (AvgIpc) is 2.43. The van der Waals surface area contributed by atoms with Gasteiger partial charge in [0.15, 0.2) is 0 Å². The molecule has 0 bridgehead atoms. The molecule has 0 radical (unpaired) electrons. The van der Waals surface area contributed by atoms with E-state index in [0.29, 0.717) is 24.1 Å². The molecule has 0 fully saturated rings. The molecule has 0 spiro atoms. The third kappa shape index (κ3) is 3.14. The van der Waals surface area contributed by atoms with E-state index in [1.54, 1.807) is 13.0 Å². The Morgan fingerprint density at radius 1 is 1.40 bits per heavy atom. The third-order valence-electron chi connectivity index (χ3n) is 3.89. The van der Waals surface area contributed by atoms with Crippen LogP contribution < -0.4 is 11.1 Å². The van der Waals surface area contributed by atoms with Crippen LogP contribution in [0.1, 0.15) is 32.3 Å². The summed E-state index contributed by atoms with van der Waals surface area (Å²) in [6, 6.07) is 4.38. The van der Waals surface area contributed by atoms with Crippen molar-refractivity contribution in [3.05, 3.63) is 33.9 Å². The molecule has 1 rings (SSSR count). The summed E-state index contributed by atoms with van der Waals surface area (Å²) in [5.41, 5.74) is 6.40. The third-order valence-corrected chi connectivity index (χ3v) is 3.89. The Balaban J connectivity index is 2.99. The van der Waals surface area contributed by atoms with E-state index in [0.717, 1.165) is 0 Å². The lowest BCUT2D eigenvalue weighted by molar-refractivity contribution is -0.384. The summed E-state index contributed by atoms with van der Waals surface area (Å²) in [5, 5.41) is 13.5. The molecular formula is C14H21N3O3. The summed E-state index contributed by atoms with van der Waals surface area (Å²) in [6.07, 6.45) is 1.30. The SMILES string of the molecule is CCC(CC)(CN)C(=O)Nc1ccc([N+](=O)[O-])cc1C. The Morgan fingerprint density at radius 2 is 2.00 bits per heavy atom. The summed E-state index contributed by atoms with van der Waals surface area (Å²) < 4.78 is 0. The van der Waals surface area contributed by atoms with Crippen molar-refractivity contribution in [2.45, 2.75) is 33.6 Å². The first kappa shape index (κ1) is 16.1. The molecule has 6 heteroatoms. The van der Waals surface area contributed by atoms with Crippen LogP contribution in [0.25, 0.3) is 0 Å². The fourth-order valence-electron chi connectivity index (χ4n) is 2.11. The van der Waals surface area contributed by atoms with Gasteiger partial charge in [-0.2, -0.15) is 0 Å². The fourth-order valence-corrected chi connectivity index (χ4v) is 2.11. The highest BCUT2D eigenvalue weighted by Crippen LogP contribution is 2.28. The molecule has 0 aliphatic rings. The van der Waals surface area contributed by atoms with Crippen molar-refractivity contribution in [2.24, 2.45) is 11.1 Å². The molecule has 0 aliphatic heterocycles. The maximum atomic E-state index is 12.4. The van der Waals surface area contributed by atoms with Crippen LogP contribution in [0, 0.1) is 22.5 Å². The number of carbonyl (C=O) groups is 1. The smallest absolute Gasteiger partial charge is 0.269 e. The number of amides is 1. The largest absolute Gasteiger partial charge is 0.329 e. The Hall–Kier alpha value is -1.95. The lowest BCUT2D eigenvalue weighted by Crippen LogP contribution is -2.41. The lowest BCUT2D eigenvalue weighted by Gasteiger charge is -2.28. The average molecular weight is 279 g/mol. The van der Waals surface area contributed by atoms with Gasteiger partial charge in [-0.3, -0.25) is 14.9 Å². The lowest BCUT2D eigenvalue weighted by atomic mass is 9.81. The molecule has 20 heavy (non-hydrogen) atoms. The van der Waals surface area contributed by atoms with Crippen LogP contribution in [0.5, 0.6) is 0 Å². The van der Waals surface area contributed by atoms with E-state index in [-0.39, 0.29) is 18.1 Å². The molecule has 0 heterocycles. The van der Waals surface area contributed by atoms with E-state index in [9.17, 15) is 14.9 Å². The second-order valence-corrected chi connectivity index (χ2v) is 4.90. The van der Waals surface area contributed by atoms with Crippen LogP contribution in [0.4, 0.5) is 11.4 Å². The molecule has 0 saturated heterocycles. The van der Waals surface area contributed by atoms with Crippen molar-refractivity contribution in [3.8, 4) is 0 Å². The van der Waals surface area contributed by atoms with E-state index in [1.807, 2.05) is 13.8 Å². The number of non-ortho nitro benzene ring substituents is 1. The number of nitro groups is 1. The number of aryl methyl sites for hydroxylation is 1. The molecule has 0 unspecified atom stereocenters. The van der Waals surface area contributed by atoms with Crippen molar-refractivity contribution in [3.63, 3.8) is 0 Å². The van der Waals surface area contributed by atoms with Gasteiger partial charge >= 0.3 is 0 Å². The zero-order valence-corrected chi connectivity index (χ0v) is 12.1. The second kappa shape index (κ2) is 6.47. The molecule has 6 nitrogen and oxygen atoms in total. The maximum absolute atomic E-state index is 12.4. The minimum absolute atomic E-state index is 0.0107. The first-order valence-corrected chi connectivity index (χ1v) is 6.66. The van der Waals surface area contributed by atoms with Gasteiger partial charge in [0.1, 0.15) is 0 Å². The number of hydrogen-bond donors (Lipinski definition) is 2. The number of rotatable bonds is 6. The summed E-state index contributed by atoms with van der Waals surface area (Å²) in [6.45, 7) is 5.86. The van der Waals surface area contributed by atoms with Gasteiger partial charge in [-0.05, 0) is 31.4 Å². The Labute approximate surface area is 118 Å². The molecule has 110 valence electrons. The van der Waals surface area contributed by atoms with Crippen molar-refractivity contribution in [1.29, 1.82) is 0 Å². The minimum atomic E-state index is -0.589.